The fourth-order valence-electron chi connectivity index (χ4n) is 9.51. The summed E-state index contributed by atoms with van der Waals surface area (Å²) in [6, 6.07) is 16.8. The van der Waals surface area contributed by atoms with Gasteiger partial charge in [0.15, 0.2) is 0 Å². The molecule has 74 heavy (non-hydrogen) atoms. The van der Waals surface area contributed by atoms with Gasteiger partial charge >= 0.3 is 12.2 Å². The second-order valence-electron chi connectivity index (χ2n) is 21.3. The fraction of sp³-hybridized carbons (Fsp3) is 0.509. The number of imide groups is 2. The van der Waals surface area contributed by atoms with Crippen LogP contribution < -0.4 is 10.6 Å². The first-order valence-corrected chi connectivity index (χ1v) is 27.1. The summed E-state index contributed by atoms with van der Waals surface area (Å²) in [5.74, 6) is -1.32. The van der Waals surface area contributed by atoms with Gasteiger partial charge in [0.1, 0.15) is 23.3 Å². The Morgan fingerprint density at radius 3 is 1.51 bits per heavy atom. The Labute approximate surface area is 440 Å². The van der Waals surface area contributed by atoms with Crippen molar-refractivity contribution < 1.29 is 60.4 Å². The van der Waals surface area contributed by atoms with Crippen molar-refractivity contribution in [3.05, 3.63) is 98.5 Å². The van der Waals surface area contributed by atoms with Crippen LogP contribution in [0.5, 0.6) is 0 Å². The maximum atomic E-state index is 12.8. The van der Waals surface area contributed by atoms with Crippen LogP contribution in [0.3, 0.4) is 0 Å². The van der Waals surface area contributed by atoms with Gasteiger partial charge < -0.3 is 29.1 Å². The van der Waals surface area contributed by atoms with Crippen LogP contribution in [0.2, 0.25) is 0 Å². The molecular formula is C53H65BrN6O13S. The molecule has 4 saturated heterocycles. The van der Waals surface area contributed by atoms with E-state index in [1.807, 2.05) is 72.7 Å². The van der Waals surface area contributed by atoms with Gasteiger partial charge in [0, 0.05) is 67.7 Å². The van der Waals surface area contributed by atoms with Crippen molar-refractivity contribution in [2.45, 2.75) is 153 Å². The van der Waals surface area contributed by atoms with Crippen molar-refractivity contribution in [1.29, 1.82) is 0 Å². The predicted molar refractivity (Wildman–Crippen MR) is 273 cm³/mol. The van der Waals surface area contributed by atoms with Crippen LogP contribution in [-0.2, 0) is 56.0 Å². The highest BCUT2D eigenvalue weighted by atomic mass is 79.9. The summed E-state index contributed by atoms with van der Waals surface area (Å²) in [5, 5.41) is 4.61. The molecule has 398 valence electrons. The summed E-state index contributed by atoms with van der Waals surface area (Å²) in [7, 11) is -3.78. The number of piperidine rings is 4. The van der Waals surface area contributed by atoms with Crippen molar-refractivity contribution >= 4 is 73.7 Å². The minimum atomic E-state index is -3.78. The van der Waals surface area contributed by atoms with Gasteiger partial charge in [-0.2, -0.15) is 8.42 Å². The van der Waals surface area contributed by atoms with Crippen molar-refractivity contribution in [2.24, 2.45) is 0 Å². The molecule has 4 fully saturated rings. The zero-order valence-corrected chi connectivity index (χ0v) is 45.3. The Balaban J connectivity index is 0.000000167. The second kappa shape index (κ2) is 22.7. The average Bonchev–Trinajstić information content (AvgIpc) is 3.82. The zero-order valence-electron chi connectivity index (χ0n) is 42.9. The lowest BCUT2D eigenvalue weighted by Gasteiger charge is -2.33. The monoisotopic (exact) mass is 1100 g/mol. The van der Waals surface area contributed by atoms with Crippen molar-refractivity contribution in [1.82, 2.24) is 30.2 Å². The molecule has 0 aromatic heterocycles. The number of benzene rings is 3. The Hall–Kier alpha value is -6.19. The van der Waals surface area contributed by atoms with Crippen LogP contribution in [0.25, 0.3) is 0 Å². The molecule has 9 rings (SSSR count). The normalized spacial score (nSPS) is 20.6. The molecule has 0 spiro atoms. The Kier molecular flexibility index (Phi) is 17.1. The minimum absolute atomic E-state index is 0.142. The summed E-state index contributed by atoms with van der Waals surface area (Å²) >= 11 is 3.37. The van der Waals surface area contributed by atoms with Gasteiger partial charge in [0.2, 0.25) is 23.6 Å². The highest BCUT2D eigenvalue weighted by Gasteiger charge is 2.41. The van der Waals surface area contributed by atoms with E-state index < -0.39 is 45.4 Å². The molecule has 6 heterocycles. The number of halogens is 1. The number of likely N-dealkylation sites (tertiary alicyclic amines) is 2. The molecule has 2 N–H and O–H groups in total. The number of nitrogens with zero attached hydrogens (tertiary/aromatic N) is 4. The third-order valence-corrected chi connectivity index (χ3v) is 15.2. The van der Waals surface area contributed by atoms with Crippen molar-refractivity contribution in [3.8, 4) is 0 Å². The third-order valence-electron chi connectivity index (χ3n) is 13.3. The van der Waals surface area contributed by atoms with E-state index in [9.17, 15) is 46.8 Å². The number of hydrogen-bond acceptors (Lipinski definition) is 13. The van der Waals surface area contributed by atoms with E-state index in [4.69, 9.17) is 13.7 Å². The SMILES string of the molecule is CC(C)(C)OC(=O)N1CCC(c2ccc3c(c2)CN(C2CCC(=O)NC2=O)C3=O)CC1.Cc1ccc(S(=O)(=O)OC2CCN(C(=O)OC(C)(C)C)CC2)cc1.O=C1CCC(N2Cc3cc(Br)ccc3C2=O)C(=O)N1. The number of hydrogen-bond donors (Lipinski definition) is 2. The summed E-state index contributed by atoms with van der Waals surface area (Å²) in [6.07, 6.45) is 2.81. The molecule has 0 aliphatic carbocycles. The van der Waals surface area contributed by atoms with Gasteiger partial charge in [-0.15, -0.1) is 0 Å². The molecule has 6 aliphatic rings. The molecule has 3 aromatic rings. The molecule has 8 amide bonds. The summed E-state index contributed by atoms with van der Waals surface area (Å²) in [5.41, 5.74) is 4.17. The third kappa shape index (κ3) is 13.9. The second-order valence-corrected chi connectivity index (χ2v) is 23.8. The lowest BCUT2D eigenvalue weighted by molar-refractivity contribution is -0.138. The molecule has 6 aliphatic heterocycles. The summed E-state index contributed by atoms with van der Waals surface area (Å²) in [6.45, 7) is 15.8. The maximum absolute atomic E-state index is 12.8. The number of ether oxygens (including phenoxy) is 2. The van der Waals surface area contributed by atoms with Gasteiger partial charge in [-0.05, 0) is 146 Å². The number of nitrogens with one attached hydrogen (secondary N) is 2. The number of carbonyl (C=O) groups is 8. The number of aryl methyl sites for hydroxylation is 1. The first-order chi connectivity index (χ1) is 34.7. The molecule has 0 radical (unpaired) electrons. The molecule has 3 aromatic carbocycles. The molecule has 0 saturated carbocycles. The molecular weight excluding hydrogens is 1040 g/mol. The maximum Gasteiger partial charge on any atom is 0.410 e. The van der Waals surface area contributed by atoms with E-state index in [2.05, 4.69) is 32.6 Å². The van der Waals surface area contributed by atoms with Crippen molar-refractivity contribution in [2.75, 3.05) is 26.2 Å². The fourth-order valence-corrected chi connectivity index (χ4v) is 11.1. The van der Waals surface area contributed by atoms with Crippen LogP contribution >= 0.6 is 15.9 Å². The molecule has 0 bridgehead atoms. The first-order valence-electron chi connectivity index (χ1n) is 24.9. The summed E-state index contributed by atoms with van der Waals surface area (Å²) in [4.78, 5) is 103. The first kappa shape index (κ1) is 55.6. The standard InChI is InChI=1S/C23H29N3O5.C17H25NO5S.C13H11BrN2O3/c1-23(2,3)31-22(30)25-10-8-14(9-11-25)15-4-5-17-16(12-15)13-26(21(17)29)18-6-7-19(27)24-20(18)28;1-13-5-7-15(8-6-13)24(20,21)23-14-9-11-18(12-10-14)16(19)22-17(2,3)4;14-8-1-2-9-7(5-8)6-16(13(9)19)10-3-4-11(17)15-12(10)18/h4-5,12,14,18H,6-11,13H2,1-3H3,(H,24,27,28);5-8,14H,9-12H2,1-4H3;1-2,5,10H,3-4,6H2,(H,15,17,18). The van der Waals surface area contributed by atoms with Crippen molar-refractivity contribution in [3.63, 3.8) is 0 Å². The number of rotatable bonds is 6. The van der Waals surface area contributed by atoms with Crippen LogP contribution in [0.15, 0.2) is 70.0 Å². The Bertz CT molecular complexity index is 2790. The molecule has 2 atom stereocenters. The predicted octanol–water partition coefficient (Wildman–Crippen LogP) is 6.87. The van der Waals surface area contributed by atoms with E-state index in [-0.39, 0.29) is 59.5 Å². The van der Waals surface area contributed by atoms with Crippen LogP contribution in [0.1, 0.15) is 142 Å². The smallest absolute Gasteiger partial charge is 0.410 e. The molecule has 19 nitrogen and oxygen atoms in total. The van der Waals surface area contributed by atoms with Gasteiger partial charge in [-0.3, -0.25) is 43.6 Å². The highest BCUT2D eigenvalue weighted by Crippen LogP contribution is 2.35. The highest BCUT2D eigenvalue weighted by molar-refractivity contribution is 9.10. The lowest BCUT2D eigenvalue weighted by atomic mass is 9.88. The summed E-state index contributed by atoms with van der Waals surface area (Å²) < 4.78 is 41.6. The average molecular weight is 1110 g/mol. The van der Waals surface area contributed by atoms with Crippen LogP contribution in [0, 0.1) is 6.92 Å². The largest absolute Gasteiger partial charge is 0.444 e. The lowest BCUT2D eigenvalue weighted by Crippen LogP contribution is -2.52. The minimum Gasteiger partial charge on any atom is -0.444 e. The van der Waals surface area contributed by atoms with E-state index in [0.29, 0.717) is 82.0 Å². The number of amides is 8. The molecule has 21 heteroatoms. The number of carbonyl (C=O) groups excluding carboxylic acids is 8. The topological polar surface area (TPSA) is 235 Å². The number of fused-ring (bicyclic) bond motifs is 2. The van der Waals surface area contributed by atoms with Gasteiger partial charge in [0.25, 0.3) is 21.9 Å². The Morgan fingerprint density at radius 1 is 0.608 bits per heavy atom. The zero-order chi connectivity index (χ0) is 53.9. The van der Waals surface area contributed by atoms with Gasteiger partial charge in [-0.1, -0.05) is 45.8 Å². The quantitative estimate of drug-likeness (QED) is 0.190. The van der Waals surface area contributed by atoms with Gasteiger partial charge in [0.05, 0.1) is 11.0 Å². The van der Waals surface area contributed by atoms with E-state index in [0.717, 1.165) is 39.6 Å². The van der Waals surface area contributed by atoms with E-state index in [1.54, 1.807) is 49.9 Å². The molecule has 2 unspecified atom stereocenters. The van der Waals surface area contributed by atoms with E-state index >= 15 is 0 Å². The Morgan fingerprint density at radius 2 is 1.05 bits per heavy atom. The van der Waals surface area contributed by atoms with Crippen LogP contribution in [-0.4, -0.2) is 131 Å². The van der Waals surface area contributed by atoms with Crippen LogP contribution in [0.4, 0.5) is 9.59 Å². The van der Waals surface area contributed by atoms with E-state index in [1.165, 1.54) is 0 Å². The van der Waals surface area contributed by atoms with Gasteiger partial charge in [-0.25, -0.2) is 9.59 Å².